The Morgan fingerprint density at radius 3 is 2.82 bits per heavy atom. The van der Waals surface area contributed by atoms with Crippen LogP contribution in [0, 0.1) is 5.92 Å². The molecule has 6 nitrogen and oxygen atoms in total. The van der Waals surface area contributed by atoms with E-state index in [2.05, 4.69) is 25.1 Å². The van der Waals surface area contributed by atoms with Crippen molar-refractivity contribution in [3.63, 3.8) is 0 Å². The smallest absolute Gasteiger partial charge is 0.227 e. The molecule has 0 unspecified atom stereocenters. The second kappa shape index (κ2) is 8.17. The Morgan fingerprint density at radius 2 is 2.04 bits per heavy atom. The van der Waals surface area contributed by atoms with Crippen molar-refractivity contribution in [3.05, 3.63) is 53.3 Å². The number of aromatic nitrogens is 2. The fourth-order valence-electron chi connectivity index (χ4n) is 4.27. The zero-order valence-electron chi connectivity index (χ0n) is 16.5. The Hall–Kier alpha value is -2.63. The molecule has 1 saturated heterocycles. The number of rotatable bonds is 5. The monoisotopic (exact) mass is 380 g/mol. The van der Waals surface area contributed by atoms with Gasteiger partial charge in [-0.05, 0) is 24.5 Å². The van der Waals surface area contributed by atoms with E-state index >= 15 is 0 Å². The number of hydrogen-bond acceptors (Lipinski definition) is 3. The topological polar surface area (TPSA) is 58.4 Å². The van der Waals surface area contributed by atoms with E-state index in [-0.39, 0.29) is 17.7 Å². The van der Waals surface area contributed by atoms with E-state index in [1.54, 1.807) is 0 Å². The zero-order valence-corrected chi connectivity index (χ0v) is 16.5. The highest BCUT2D eigenvalue weighted by molar-refractivity contribution is 5.84. The third kappa shape index (κ3) is 3.96. The molecule has 0 radical (unpaired) electrons. The Bertz CT molecular complexity index is 845. The second-order valence-corrected chi connectivity index (χ2v) is 7.85. The summed E-state index contributed by atoms with van der Waals surface area (Å²) in [6.45, 7) is 5.42. The fourth-order valence-corrected chi connectivity index (χ4v) is 4.27. The van der Waals surface area contributed by atoms with E-state index in [1.165, 1.54) is 5.56 Å². The van der Waals surface area contributed by atoms with Gasteiger partial charge in [0, 0.05) is 32.5 Å². The van der Waals surface area contributed by atoms with Crippen LogP contribution in [0.4, 0.5) is 0 Å². The van der Waals surface area contributed by atoms with Gasteiger partial charge in [0.25, 0.3) is 0 Å². The molecule has 0 saturated carbocycles. The van der Waals surface area contributed by atoms with Crippen LogP contribution in [0.2, 0.25) is 0 Å². The number of likely N-dealkylation sites (tertiary alicyclic amines) is 1. The number of amides is 2. The second-order valence-electron chi connectivity index (χ2n) is 7.85. The molecule has 0 N–H and O–H groups in total. The van der Waals surface area contributed by atoms with Crippen molar-refractivity contribution >= 4 is 11.8 Å². The molecule has 2 amide bonds. The van der Waals surface area contributed by atoms with Crippen LogP contribution in [0.3, 0.4) is 0 Å². The molecular weight excluding hydrogens is 352 g/mol. The van der Waals surface area contributed by atoms with Gasteiger partial charge in [-0.3, -0.25) is 14.3 Å². The molecule has 4 rings (SSSR count). The van der Waals surface area contributed by atoms with Gasteiger partial charge < -0.3 is 9.80 Å². The summed E-state index contributed by atoms with van der Waals surface area (Å²) in [4.78, 5) is 28.9. The minimum absolute atomic E-state index is 0.0671. The lowest BCUT2D eigenvalue weighted by Crippen LogP contribution is -2.48. The van der Waals surface area contributed by atoms with Crippen molar-refractivity contribution in [2.45, 2.75) is 45.7 Å². The van der Waals surface area contributed by atoms with Crippen LogP contribution in [-0.4, -0.2) is 51.0 Å². The predicted octanol–water partition coefficient (Wildman–Crippen LogP) is 2.46. The lowest BCUT2D eigenvalue weighted by molar-refractivity contribution is -0.144. The molecule has 1 atom stereocenters. The summed E-state index contributed by atoms with van der Waals surface area (Å²) in [5.74, 6) is 0.307. The molecule has 1 aromatic carbocycles. The normalized spacial score (nSPS) is 19.6. The number of benzene rings is 1. The summed E-state index contributed by atoms with van der Waals surface area (Å²) >= 11 is 0. The van der Waals surface area contributed by atoms with Crippen LogP contribution < -0.4 is 0 Å². The Morgan fingerprint density at radius 1 is 1.21 bits per heavy atom. The molecule has 2 aromatic rings. The summed E-state index contributed by atoms with van der Waals surface area (Å²) in [6.07, 6.45) is 2.90. The highest BCUT2D eigenvalue weighted by Gasteiger charge is 2.33. The van der Waals surface area contributed by atoms with E-state index in [1.807, 2.05) is 32.7 Å². The van der Waals surface area contributed by atoms with E-state index in [4.69, 9.17) is 5.10 Å². The standard InChI is InChI=1S/C22H28N4O2/c1-2-10-24-15-18(8-9-21(24)27)22(28)25-11-12-26-20(16-25)14-19(23-26)13-17-6-4-3-5-7-17/h3-7,14,18H,2,8-13,15-16H2,1H3/t18-/m1/s1. The Labute approximate surface area is 166 Å². The Kier molecular flexibility index (Phi) is 5.46. The maximum Gasteiger partial charge on any atom is 0.227 e. The van der Waals surface area contributed by atoms with Gasteiger partial charge in [0.05, 0.1) is 30.4 Å². The van der Waals surface area contributed by atoms with Crippen molar-refractivity contribution < 1.29 is 9.59 Å². The largest absolute Gasteiger partial charge is 0.342 e. The van der Waals surface area contributed by atoms with Gasteiger partial charge in [0.2, 0.25) is 11.8 Å². The highest BCUT2D eigenvalue weighted by atomic mass is 16.2. The molecule has 148 valence electrons. The third-order valence-corrected chi connectivity index (χ3v) is 5.73. The number of carbonyl (C=O) groups is 2. The minimum Gasteiger partial charge on any atom is -0.342 e. The fraction of sp³-hybridized carbons (Fsp3) is 0.500. The number of carbonyl (C=O) groups excluding carboxylic acids is 2. The number of hydrogen-bond donors (Lipinski definition) is 0. The van der Waals surface area contributed by atoms with Crippen LogP contribution in [0.15, 0.2) is 36.4 Å². The third-order valence-electron chi connectivity index (χ3n) is 5.73. The SMILES string of the molecule is CCCN1C[C@H](C(=O)N2CCn3nc(Cc4ccccc4)cc3C2)CCC1=O. The summed E-state index contributed by atoms with van der Waals surface area (Å²) < 4.78 is 2.04. The van der Waals surface area contributed by atoms with Gasteiger partial charge in [-0.1, -0.05) is 37.3 Å². The van der Waals surface area contributed by atoms with Crippen molar-refractivity contribution in [3.8, 4) is 0 Å². The van der Waals surface area contributed by atoms with Crippen molar-refractivity contribution in [2.75, 3.05) is 19.6 Å². The molecule has 3 heterocycles. The average Bonchev–Trinajstić information content (AvgIpc) is 3.11. The summed E-state index contributed by atoms with van der Waals surface area (Å²) in [7, 11) is 0. The first kappa shape index (κ1) is 18.7. The van der Waals surface area contributed by atoms with Crippen LogP contribution in [0.5, 0.6) is 0 Å². The van der Waals surface area contributed by atoms with Crippen molar-refractivity contribution in [1.29, 1.82) is 0 Å². The van der Waals surface area contributed by atoms with Crippen LogP contribution >= 0.6 is 0 Å². The molecule has 1 aromatic heterocycles. The lowest BCUT2D eigenvalue weighted by atomic mass is 9.95. The average molecular weight is 380 g/mol. The van der Waals surface area contributed by atoms with Gasteiger partial charge >= 0.3 is 0 Å². The Balaban J connectivity index is 1.41. The molecule has 0 bridgehead atoms. The highest BCUT2D eigenvalue weighted by Crippen LogP contribution is 2.23. The lowest BCUT2D eigenvalue weighted by Gasteiger charge is -2.36. The van der Waals surface area contributed by atoms with E-state index in [0.29, 0.717) is 32.5 Å². The molecule has 0 aliphatic carbocycles. The summed E-state index contributed by atoms with van der Waals surface area (Å²) in [5, 5.41) is 4.72. The van der Waals surface area contributed by atoms with Gasteiger partial charge in [0.1, 0.15) is 0 Å². The minimum atomic E-state index is -0.0671. The van der Waals surface area contributed by atoms with E-state index in [0.717, 1.165) is 37.3 Å². The first-order valence-electron chi connectivity index (χ1n) is 10.3. The summed E-state index contributed by atoms with van der Waals surface area (Å²) in [5.41, 5.74) is 3.39. The van der Waals surface area contributed by atoms with Gasteiger partial charge in [0.15, 0.2) is 0 Å². The van der Waals surface area contributed by atoms with Gasteiger partial charge in [-0.2, -0.15) is 5.10 Å². The predicted molar refractivity (Wildman–Crippen MR) is 106 cm³/mol. The quantitative estimate of drug-likeness (QED) is 0.801. The number of piperidine rings is 1. The van der Waals surface area contributed by atoms with Crippen LogP contribution in [0.1, 0.15) is 43.1 Å². The maximum absolute atomic E-state index is 13.1. The van der Waals surface area contributed by atoms with Gasteiger partial charge in [-0.25, -0.2) is 0 Å². The maximum atomic E-state index is 13.1. The molecule has 6 heteroatoms. The molecule has 1 fully saturated rings. The molecule has 0 spiro atoms. The summed E-state index contributed by atoms with van der Waals surface area (Å²) in [6, 6.07) is 12.5. The molecule has 2 aliphatic heterocycles. The van der Waals surface area contributed by atoms with Crippen molar-refractivity contribution in [2.24, 2.45) is 5.92 Å². The first-order valence-corrected chi connectivity index (χ1v) is 10.3. The molecule has 28 heavy (non-hydrogen) atoms. The first-order chi connectivity index (χ1) is 13.6. The van der Waals surface area contributed by atoms with E-state index in [9.17, 15) is 9.59 Å². The van der Waals surface area contributed by atoms with Gasteiger partial charge in [-0.15, -0.1) is 0 Å². The number of nitrogens with zero attached hydrogens (tertiary/aromatic N) is 4. The number of fused-ring (bicyclic) bond motifs is 1. The molecular formula is C22H28N4O2. The molecule has 2 aliphatic rings. The van der Waals surface area contributed by atoms with E-state index < -0.39 is 0 Å². The van der Waals surface area contributed by atoms with Crippen LogP contribution in [-0.2, 0) is 29.1 Å². The zero-order chi connectivity index (χ0) is 19.5. The van der Waals surface area contributed by atoms with Crippen LogP contribution in [0.25, 0.3) is 0 Å². The van der Waals surface area contributed by atoms with Crippen molar-refractivity contribution in [1.82, 2.24) is 19.6 Å².